The predicted octanol–water partition coefficient (Wildman–Crippen LogP) is -2.14. The molecule has 2 unspecified atom stereocenters. The van der Waals surface area contributed by atoms with Crippen LogP contribution < -0.4 is 43.0 Å². The van der Waals surface area contributed by atoms with Crippen molar-refractivity contribution < 1.29 is 48.3 Å². The number of aromatic nitrogens is 1. The number of hydrogen-bond donors (Lipinski definition) is 10. The quantitative estimate of drug-likeness (QED) is 0.121. The Hall–Kier alpha value is -5.35. The van der Waals surface area contributed by atoms with E-state index in [4.69, 9.17) is 5.73 Å². The van der Waals surface area contributed by atoms with Gasteiger partial charge in [-0.2, -0.15) is 0 Å². The lowest BCUT2D eigenvalue weighted by Crippen LogP contribution is -2.59. The summed E-state index contributed by atoms with van der Waals surface area (Å²) in [5.41, 5.74) is 7.33. The zero-order valence-electron chi connectivity index (χ0n) is 32.8. The Balaban J connectivity index is 1.55. The number of amides is 8. The Bertz CT molecular complexity index is 1870. The highest BCUT2D eigenvalue weighted by molar-refractivity contribution is 8.76. The van der Waals surface area contributed by atoms with E-state index in [1.54, 1.807) is 6.20 Å². The smallest absolute Gasteiger partial charge is 0.305 e. The van der Waals surface area contributed by atoms with Crippen molar-refractivity contribution in [3.8, 4) is 0 Å². The zero-order chi connectivity index (χ0) is 43.1. The first-order valence-electron chi connectivity index (χ1n) is 19.2. The molecule has 0 saturated carbocycles. The van der Waals surface area contributed by atoms with Crippen LogP contribution in [0.15, 0.2) is 30.5 Å². The van der Waals surface area contributed by atoms with E-state index in [0.717, 1.165) is 27.3 Å². The van der Waals surface area contributed by atoms with Gasteiger partial charge in [0.15, 0.2) is 0 Å². The third kappa shape index (κ3) is 14.2. The molecule has 0 bridgehead atoms. The van der Waals surface area contributed by atoms with Crippen LogP contribution in [0.4, 0.5) is 0 Å². The summed E-state index contributed by atoms with van der Waals surface area (Å²) < 4.78 is 0. The number of carbonyl (C=O) groups excluding carboxylic acids is 8. The van der Waals surface area contributed by atoms with Gasteiger partial charge in [-0.1, -0.05) is 39.8 Å². The Morgan fingerprint density at radius 1 is 0.898 bits per heavy atom. The van der Waals surface area contributed by atoms with Crippen LogP contribution in [0.3, 0.4) is 0 Å². The molecule has 2 aromatic rings. The number of nitrogens with zero attached hydrogens (tertiary/aromatic N) is 1. The lowest BCUT2D eigenvalue weighted by atomic mass is 9.97. The molecule has 1 aromatic carbocycles. The number of nitrogens with two attached hydrogens (primary N) is 1. The van der Waals surface area contributed by atoms with Crippen LogP contribution in [-0.4, -0.2) is 143 Å². The molecule has 22 heteroatoms. The highest BCUT2D eigenvalue weighted by atomic mass is 33.1. The summed E-state index contributed by atoms with van der Waals surface area (Å²) >= 11 is 0. The standard InChI is InChI=1S/C37H52N10O10S2/c1-20-37(57)47(13-9-23-16-40-25-6-4-3-5-24(23)25)21(2)33(53)46-28(32(38)52)19-59-58-14-10-29(48)45-27(17-41-34(54)22-7-11-39-12-8-22)35(55)42-18-30(49)44-26(15-31(50)51)36(56)43-20/h3-6,16,20-22,26-28,39-40H,7-15,17-19H2,1-2H3,(H2,38,52)(H,41,54)(H,42,55)(H,43,56)(H,44,49)(H,45,48)(H,46,53)(H,50,51)/t20-,21-,26?,27-,28?/m0/s1. The second kappa shape index (κ2) is 22.7. The number of nitrogens with one attached hydrogen (secondary N) is 8. The van der Waals surface area contributed by atoms with E-state index in [0.29, 0.717) is 25.9 Å². The number of fused-ring (bicyclic) bond motifs is 1. The lowest BCUT2D eigenvalue weighted by Gasteiger charge is -2.32. The van der Waals surface area contributed by atoms with Gasteiger partial charge in [0.2, 0.25) is 47.3 Å². The van der Waals surface area contributed by atoms with Crippen LogP contribution in [0.2, 0.25) is 0 Å². The molecule has 0 aliphatic carbocycles. The van der Waals surface area contributed by atoms with E-state index in [1.807, 2.05) is 24.3 Å². The first kappa shape index (κ1) is 46.3. The average molecular weight is 861 g/mol. The second-order valence-corrected chi connectivity index (χ2v) is 16.8. The molecule has 2 aliphatic heterocycles. The van der Waals surface area contributed by atoms with Crippen molar-refractivity contribution >= 4 is 85.7 Å². The minimum Gasteiger partial charge on any atom is -0.481 e. The van der Waals surface area contributed by atoms with E-state index < -0.39 is 90.5 Å². The van der Waals surface area contributed by atoms with Crippen LogP contribution in [0.5, 0.6) is 0 Å². The van der Waals surface area contributed by atoms with Crippen molar-refractivity contribution in [2.24, 2.45) is 11.7 Å². The molecule has 0 radical (unpaired) electrons. The maximum absolute atomic E-state index is 14.0. The molecule has 2 fully saturated rings. The molecule has 11 N–H and O–H groups in total. The molecule has 5 atom stereocenters. The van der Waals surface area contributed by atoms with Gasteiger partial charge in [-0.15, -0.1) is 0 Å². The maximum Gasteiger partial charge on any atom is 0.305 e. The minimum atomic E-state index is -1.69. The van der Waals surface area contributed by atoms with Crippen LogP contribution in [0, 0.1) is 5.92 Å². The van der Waals surface area contributed by atoms with Gasteiger partial charge in [0.25, 0.3) is 0 Å². The second-order valence-electron chi connectivity index (χ2n) is 14.2. The summed E-state index contributed by atoms with van der Waals surface area (Å²) in [4.78, 5) is 122. The average Bonchev–Trinajstić information content (AvgIpc) is 3.62. The molecule has 8 amide bonds. The summed E-state index contributed by atoms with van der Waals surface area (Å²) in [7, 11) is 2.37. The third-order valence-corrected chi connectivity index (χ3v) is 12.3. The van der Waals surface area contributed by atoms with Crippen molar-refractivity contribution in [1.82, 2.24) is 47.1 Å². The molecular formula is C37H52N10O10S2. The number of carboxylic acids is 1. The number of piperidine rings is 1. The van der Waals surface area contributed by atoms with Crippen molar-refractivity contribution in [1.29, 1.82) is 0 Å². The number of rotatable bonds is 9. The third-order valence-electron chi connectivity index (χ3n) is 9.84. The van der Waals surface area contributed by atoms with Crippen molar-refractivity contribution in [2.75, 3.05) is 44.2 Å². The zero-order valence-corrected chi connectivity index (χ0v) is 34.4. The van der Waals surface area contributed by atoms with E-state index in [1.165, 1.54) is 29.5 Å². The van der Waals surface area contributed by atoms with Crippen molar-refractivity contribution in [3.63, 3.8) is 0 Å². The van der Waals surface area contributed by atoms with Gasteiger partial charge in [0.05, 0.1) is 13.0 Å². The summed E-state index contributed by atoms with van der Waals surface area (Å²) in [6, 6.07) is 0.805. The number of hydrogen-bond acceptors (Lipinski definition) is 12. The van der Waals surface area contributed by atoms with E-state index in [2.05, 4.69) is 42.2 Å². The van der Waals surface area contributed by atoms with Crippen LogP contribution in [-0.2, 0) is 49.6 Å². The van der Waals surface area contributed by atoms with Crippen molar-refractivity contribution in [2.45, 2.75) is 76.2 Å². The molecule has 4 rings (SSSR count). The van der Waals surface area contributed by atoms with Crippen molar-refractivity contribution in [3.05, 3.63) is 36.0 Å². The van der Waals surface area contributed by atoms with Gasteiger partial charge in [-0.3, -0.25) is 43.2 Å². The lowest BCUT2D eigenvalue weighted by molar-refractivity contribution is -0.144. The highest BCUT2D eigenvalue weighted by Crippen LogP contribution is 2.23. The number of aliphatic carboxylic acids is 1. The topological polar surface area (TPSA) is 303 Å². The number of aromatic amines is 1. The Morgan fingerprint density at radius 3 is 2.32 bits per heavy atom. The first-order chi connectivity index (χ1) is 28.1. The van der Waals surface area contributed by atoms with Gasteiger partial charge in [0, 0.05) is 54.0 Å². The Labute approximate surface area is 348 Å². The molecule has 3 heterocycles. The maximum atomic E-state index is 14.0. The number of primary amides is 1. The van der Waals surface area contributed by atoms with Gasteiger partial charge < -0.3 is 57.9 Å². The minimum absolute atomic E-state index is 0.00949. The molecule has 2 saturated heterocycles. The van der Waals surface area contributed by atoms with E-state index in [-0.39, 0.29) is 49.3 Å². The molecule has 0 spiro atoms. The van der Waals surface area contributed by atoms with Crippen LogP contribution in [0.25, 0.3) is 10.9 Å². The van der Waals surface area contributed by atoms with Gasteiger partial charge in [-0.25, -0.2) is 0 Å². The number of benzene rings is 1. The van der Waals surface area contributed by atoms with Crippen LogP contribution >= 0.6 is 21.6 Å². The summed E-state index contributed by atoms with van der Waals surface area (Å²) in [5, 5.41) is 28.5. The first-order valence-corrected chi connectivity index (χ1v) is 21.7. The molecular weight excluding hydrogens is 809 g/mol. The molecule has 20 nitrogen and oxygen atoms in total. The normalized spacial score (nSPS) is 24.2. The molecule has 1 aromatic heterocycles. The van der Waals surface area contributed by atoms with Gasteiger partial charge in [0.1, 0.15) is 30.2 Å². The van der Waals surface area contributed by atoms with Gasteiger partial charge >= 0.3 is 5.97 Å². The number of para-hydroxylation sites is 1. The fraction of sp³-hybridized carbons (Fsp3) is 0.541. The van der Waals surface area contributed by atoms with Gasteiger partial charge in [-0.05, 0) is 57.8 Å². The van der Waals surface area contributed by atoms with E-state index in [9.17, 15) is 48.3 Å². The summed E-state index contributed by atoms with van der Waals surface area (Å²) in [6.07, 6.45) is 2.26. The highest BCUT2D eigenvalue weighted by Gasteiger charge is 2.34. The SMILES string of the molecule is C[C@@H]1NC(=O)C(CC(=O)O)NC(=O)CNC(=O)[C@H](CNC(=O)C2CCNCC2)NC(=O)CCSSCC(C(N)=O)NC(=O)[C@H](C)N(CCc2c[nH]c3ccccc23)C1=O. The van der Waals surface area contributed by atoms with Crippen LogP contribution in [0.1, 0.15) is 45.1 Å². The predicted molar refractivity (Wildman–Crippen MR) is 219 cm³/mol. The monoisotopic (exact) mass is 860 g/mol. The number of carboxylic acid groups (broad SMARTS) is 1. The molecule has 59 heavy (non-hydrogen) atoms. The fourth-order valence-electron chi connectivity index (χ4n) is 6.46. The van der Waals surface area contributed by atoms with E-state index >= 15 is 0 Å². The largest absolute Gasteiger partial charge is 0.481 e. The summed E-state index contributed by atoms with van der Waals surface area (Å²) in [6.45, 7) is 3.05. The number of carbonyl (C=O) groups is 9. The molecule has 2 aliphatic rings. The Kier molecular flexibility index (Phi) is 17.8. The fourth-order valence-corrected chi connectivity index (χ4v) is 8.63. The number of H-pyrrole nitrogens is 1. The summed E-state index contributed by atoms with van der Waals surface area (Å²) in [5.74, 6) is -7.48. The Morgan fingerprint density at radius 2 is 1.61 bits per heavy atom. The molecule has 322 valence electrons.